The Morgan fingerprint density at radius 3 is 2.50 bits per heavy atom. The van der Waals surface area contributed by atoms with E-state index < -0.39 is 22.5 Å². The van der Waals surface area contributed by atoms with Gasteiger partial charge in [-0.3, -0.25) is 14.1 Å². The first-order valence-electron chi connectivity index (χ1n) is 11.0. The van der Waals surface area contributed by atoms with Gasteiger partial charge < -0.3 is 4.57 Å². The molecule has 1 N–H and O–H groups in total. The predicted molar refractivity (Wildman–Crippen MR) is 136 cm³/mol. The Morgan fingerprint density at radius 2 is 1.81 bits per heavy atom. The van der Waals surface area contributed by atoms with E-state index >= 15 is 0 Å². The van der Waals surface area contributed by atoms with Gasteiger partial charge in [0.15, 0.2) is 0 Å². The molecule has 0 saturated carbocycles. The van der Waals surface area contributed by atoms with Gasteiger partial charge in [-0.05, 0) is 56.3 Å². The van der Waals surface area contributed by atoms with Gasteiger partial charge in [-0.1, -0.05) is 30.3 Å². The van der Waals surface area contributed by atoms with Crippen LogP contribution in [0.1, 0.15) is 17.0 Å². The minimum absolute atomic E-state index is 0.0470. The lowest BCUT2D eigenvalue weighted by Crippen LogP contribution is -2.39. The van der Waals surface area contributed by atoms with Crippen LogP contribution in [0.15, 0.2) is 95.2 Å². The second kappa shape index (κ2) is 10.5. The van der Waals surface area contributed by atoms with Crippen molar-refractivity contribution in [2.45, 2.75) is 18.7 Å². The molecule has 2 aromatic heterocycles. The van der Waals surface area contributed by atoms with Crippen LogP contribution >= 0.6 is 0 Å². The fourth-order valence-electron chi connectivity index (χ4n) is 3.80. The molecule has 4 aromatic rings. The summed E-state index contributed by atoms with van der Waals surface area (Å²) in [6.07, 6.45) is 4.32. The maximum absolute atomic E-state index is 14.3. The van der Waals surface area contributed by atoms with Crippen molar-refractivity contribution in [3.8, 4) is 5.69 Å². The van der Waals surface area contributed by atoms with Gasteiger partial charge in [0.25, 0.3) is 15.9 Å². The molecule has 10 heteroatoms. The zero-order valence-electron chi connectivity index (χ0n) is 19.7. The highest BCUT2D eigenvalue weighted by Crippen LogP contribution is 2.23. The van der Waals surface area contributed by atoms with Crippen molar-refractivity contribution < 1.29 is 17.6 Å². The number of benzene rings is 2. The lowest BCUT2D eigenvalue weighted by atomic mass is 10.2. The summed E-state index contributed by atoms with van der Waals surface area (Å²) in [6.45, 7) is 3.16. The van der Waals surface area contributed by atoms with Crippen LogP contribution < -0.4 is 9.73 Å². The molecule has 0 aliphatic heterocycles. The van der Waals surface area contributed by atoms with Crippen LogP contribution in [0.2, 0.25) is 0 Å². The summed E-state index contributed by atoms with van der Waals surface area (Å²) in [5, 5.41) is 4.01. The summed E-state index contributed by atoms with van der Waals surface area (Å²) in [7, 11) is -4.03. The molecule has 0 fully saturated rings. The average Bonchev–Trinajstić information content (AvgIpc) is 3.16. The van der Waals surface area contributed by atoms with Crippen molar-refractivity contribution in [1.82, 2.24) is 15.0 Å². The molecule has 0 bridgehead atoms. The van der Waals surface area contributed by atoms with E-state index in [-0.39, 0.29) is 16.4 Å². The van der Waals surface area contributed by atoms with Crippen molar-refractivity contribution >= 4 is 27.8 Å². The zero-order chi connectivity index (χ0) is 25.7. The number of nitrogens with one attached hydrogen (secondary N) is 1. The number of hydrazone groups is 1. The van der Waals surface area contributed by atoms with E-state index in [2.05, 4.69) is 15.5 Å². The molecule has 0 aliphatic carbocycles. The zero-order valence-corrected chi connectivity index (χ0v) is 20.5. The van der Waals surface area contributed by atoms with Crippen LogP contribution in [-0.4, -0.2) is 36.6 Å². The third-order valence-electron chi connectivity index (χ3n) is 5.51. The molecule has 2 heterocycles. The summed E-state index contributed by atoms with van der Waals surface area (Å²) in [6, 6.07) is 19.2. The molecule has 0 radical (unpaired) electrons. The molecule has 0 aliphatic rings. The number of hydrogen-bond acceptors (Lipinski definition) is 5. The number of aryl methyl sites for hydroxylation is 1. The van der Waals surface area contributed by atoms with Gasteiger partial charge in [-0.25, -0.2) is 18.2 Å². The average molecular weight is 506 g/mol. The van der Waals surface area contributed by atoms with E-state index in [0.717, 1.165) is 15.7 Å². The number of amides is 1. The number of rotatable bonds is 8. The Bertz CT molecular complexity index is 1500. The minimum Gasteiger partial charge on any atom is -0.315 e. The molecule has 184 valence electrons. The molecule has 0 atom stereocenters. The highest BCUT2D eigenvalue weighted by molar-refractivity contribution is 7.92. The fourth-order valence-corrected chi connectivity index (χ4v) is 5.23. The van der Waals surface area contributed by atoms with Crippen LogP contribution in [0.5, 0.6) is 0 Å². The summed E-state index contributed by atoms with van der Waals surface area (Å²) < 4.78 is 43.6. The molecule has 0 spiro atoms. The van der Waals surface area contributed by atoms with Crippen LogP contribution in [0, 0.1) is 19.7 Å². The van der Waals surface area contributed by atoms with E-state index in [1.54, 1.807) is 53.1 Å². The summed E-state index contributed by atoms with van der Waals surface area (Å²) >= 11 is 0. The number of carbonyl (C=O) groups excluding carboxylic acids is 1. The van der Waals surface area contributed by atoms with Crippen molar-refractivity contribution in [1.29, 1.82) is 0 Å². The molecule has 8 nitrogen and oxygen atoms in total. The third kappa shape index (κ3) is 5.18. The monoisotopic (exact) mass is 505 g/mol. The van der Waals surface area contributed by atoms with Crippen molar-refractivity contribution in [3.05, 3.63) is 108 Å². The normalized spacial score (nSPS) is 11.5. The van der Waals surface area contributed by atoms with Crippen LogP contribution in [0.25, 0.3) is 5.69 Å². The molecule has 4 rings (SSSR count). The summed E-state index contributed by atoms with van der Waals surface area (Å²) in [5.74, 6) is -0.997. The van der Waals surface area contributed by atoms with E-state index in [1.807, 2.05) is 19.9 Å². The lowest BCUT2D eigenvalue weighted by molar-refractivity contribution is -0.119. The van der Waals surface area contributed by atoms with Crippen LogP contribution in [-0.2, 0) is 14.8 Å². The van der Waals surface area contributed by atoms with Crippen LogP contribution in [0.3, 0.4) is 0 Å². The summed E-state index contributed by atoms with van der Waals surface area (Å²) in [4.78, 5) is 16.7. The lowest BCUT2D eigenvalue weighted by Gasteiger charge is -2.23. The number of pyridine rings is 1. The fraction of sp³-hybridized carbons (Fsp3) is 0.115. The third-order valence-corrected chi connectivity index (χ3v) is 7.30. The maximum Gasteiger partial charge on any atom is 0.264 e. The number of hydrogen-bond donors (Lipinski definition) is 1. The van der Waals surface area contributed by atoms with Gasteiger partial charge >= 0.3 is 0 Å². The van der Waals surface area contributed by atoms with Gasteiger partial charge in [-0.2, -0.15) is 5.10 Å². The van der Waals surface area contributed by atoms with Crippen molar-refractivity contribution in [3.63, 3.8) is 0 Å². The smallest absolute Gasteiger partial charge is 0.264 e. The second-order valence-corrected chi connectivity index (χ2v) is 9.80. The van der Waals surface area contributed by atoms with Crippen LogP contribution in [0.4, 0.5) is 10.1 Å². The van der Waals surface area contributed by atoms with Gasteiger partial charge in [0, 0.05) is 23.1 Å². The SMILES string of the molecule is Cc1cc(/C=N/NC(=O)CN(c2cccnc2)S(=O)(=O)c2ccccc2)c(C)n1-c1ccccc1F. The molecule has 0 unspecified atom stereocenters. The summed E-state index contributed by atoms with van der Waals surface area (Å²) in [5.41, 5.74) is 5.25. The standard InChI is InChI=1S/C26H24FN5O3S/c1-19-15-21(20(2)32(19)25-13-7-6-12-24(25)27)16-29-30-26(33)18-31(22-9-8-14-28-17-22)36(34,35)23-10-4-3-5-11-23/h3-17H,18H2,1-2H3,(H,30,33)/b29-16+. The number of sulfonamides is 1. The van der Waals surface area contributed by atoms with E-state index in [0.29, 0.717) is 11.3 Å². The number of halogens is 1. The van der Waals surface area contributed by atoms with Gasteiger partial charge in [0.2, 0.25) is 0 Å². The van der Waals surface area contributed by atoms with Crippen molar-refractivity contribution in [2.75, 3.05) is 10.8 Å². The number of para-hydroxylation sites is 1. The molecular weight excluding hydrogens is 481 g/mol. The first-order chi connectivity index (χ1) is 17.3. The first-order valence-corrected chi connectivity index (χ1v) is 12.5. The number of aromatic nitrogens is 2. The Hall–Kier alpha value is -4.31. The second-order valence-electron chi connectivity index (χ2n) is 7.94. The minimum atomic E-state index is -4.03. The molecule has 36 heavy (non-hydrogen) atoms. The molecular formula is C26H24FN5O3S. The van der Waals surface area contributed by atoms with Gasteiger partial charge in [0.05, 0.1) is 28.7 Å². The maximum atomic E-state index is 14.3. The quantitative estimate of drug-likeness (QED) is 0.289. The Balaban J connectivity index is 1.54. The molecule has 2 aromatic carbocycles. The molecule has 1 amide bonds. The Kier molecular flexibility index (Phi) is 7.25. The topological polar surface area (TPSA) is 96.7 Å². The predicted octanol–water partition coefficient (Wildman–Crippen LogP) is 3.97. The van der Waals surface area contributed by atoms with E-state index in [4.69, 9.17) is 0 Å². The van der Waals surface area contributed by atoms with E-state index in [9.17, 15) is 17.6 Å². The van der Waals surface area contributed by atoms with Crippen molar-refractivity contribution in [2.24, 2.45) is 5.10 Å². The highest BCUT2D eigenvalue weighted by Gasteiger charge is 2.27. The number of carbonyl (C=O) groups is 1. The number of anilines is 1. The van der Waals surface area contributed by atoms with Gasteiger partial charge in [0.1, 0.15) is 12.4 Å². The largest absolute Gasteiger partial charge is 0.315 e. The van der Waals surface area contributed by atoms with E-state index in [1.165, 1.54) is 36.8 Å². The highest BCUT2D eigenvalue weighted by atomic mass is 32.2. The molecule has 0 saturated heterocycles. The Morgan fingerprint density at radius 1 is 1.08 bits per heavy atom. The van der Waals surface area contributed by atoms with Gasteiger partial charge in [-0.15, -0.1) is 0 Å². The Labute approximate surface area is 208 Å². The number of nitrogens with zero attached hydrogens (tertiary/aromatic N) is 4. The first kappa shape index (κ1) is 24.8.